The molecule has 2 N–H and O–H groups in total. The summed E-state index contributed by atoms with van der Waals surface area (Å²) < 4.78 is 5.63. The van der Waals surface area contributed by atoms with Gasteiger partial charge in [0.05, 0.1) is 5.69 Å². The molecule has 0 radical (unpaired) electrons. The van der Waals surface area contributed by atoms with E-state index in [1.54, 1.807) is 0 Å². The van der Waals surface area contributed by atoms with E-state index in [1.165, 1.54) is 16.5 Å². The van der Waals surface area contributed by atoms with Crippen LogP contribution in [0.1, 0.15) is 47.1 Å². The number of H-pyrrole nitrogens is 1. The highest BCUT2D eigenvalue weighted by Crippen LogP contribution is 2.20. The number of fused-ring (bicyclic) bond motifs is 1. The highest BCUT2D eigenvalue weighted by atomic mass is 16.4. The summed E-state index contributed by atoms with van der Waals surface area (Å²) in [6.45, 7) is 8.64. The number of nitrogens with one attached hydrogen (secondary N) is 2. The molecule has 5 heteroatoms. The van der Waals surface area contributed by atoms with Crippen LogP contribution in [0, 0.1) is 19.8 Å². The quantitative estimate of drug-likeness (QED) is 0.714. The molecule has 25 heavy (non-hydrogen) atoms. The van der Waals surface area contributed by atoms with Crippen LogP contribution >= 0.6 is 0 Å². The molecule has 0 aliphatic rings. The molecule has 0 saturated carbocycles. The van der Waals surface area contributed by atoms with Crippen molar-refractivity contribution in [2.24, 2.45) is 5.92 Å². The lowest BCUT2D eigenvalue weighted by atomic mass is 10.1. The van der Waals surface area contributed by atoms with Crippen LogP contribution in [0.5, 0.6) is 0 Å². The van der Waals surface area contributed by atoms with Gasteiger partial charge in [0, 0.05) is 30.1 Å². The van der Waals surface area contributed by atoms with Gasteiger partial charge < -0.3 is 14.7 Å². The van der Waals surface area contributed by atoms with E-state index in [-0.39, 0.29) is 5.91 Å². The number of hydrogen-bond donors (Lipinski definition) is 2. The Morgan fingerprint density at radius 2 is 2.12 bits per heavy atom. The van der Waals surface area contributed by atoms with Crippen LogP contribution in [0.3, 0.4) is 0 Å². The molecular weight excluding hydrogens is 314 g/mol. The molecule has 0 atom stereocenters. The zero-order valence-electron chi connectivity index (χ0n) is 15.3. The minimum Gasteiger partial charge on any atom is -0.435 e. The van der Waals surface area contributed by atoms with Gasteiger partial charge in [0.15, 0.2) is 5.89 Å². The van der Waals surface area contributed by atoms with Gasteiger partial charge in [-0.2, -0.15) is 0 Å². The number of amides is 1. The molecule has 0 bridgehead atoms. The maximum absolute atomic E-state index is 12.3. The first-order valence-electron chi connectivity index (χ1n) is 8.75. The monoisotopic (exact) mass is 339 g/mol. The Hall–Kier alpha value is -2.56. The van der Waals surface area contributed by atoms with Gasteiger partial charge in [-0.3, -0.25) is 4.79 Å². The van der Waals surface area contributed by atoms with E-state index in [2.05, 4.69) is 54.3 Å². The molecular formula is C20H25N3O2. The molecule has 132 valence electrons. The van der Waals surface area contributed by atoms with Gasteiger partial charge in [-0.05, 0) is 43.4 Å². The molecule has 0 aliphatic heterocycles. The van der Waals surface area contributed by atoms with Gasteiger partial charge in [0.2, 0.25) is 5.76 Å². The summed E-state index contributed by atoms with van der Waals surface area (Å²) in [6, 6.07) is 6.36. The van der Waals surface area contributed by atoms with Gasteiger partial charge in [-0.15, -0.1) is 0 Å². The SMILES string of the molecule is Cc1ccc2c(CCNC(=O)c3oc(CC(C)C)nc3C)c[nH]c2c1. The Morgan fingerprint density at radius 3 is 2.88 bits per heavy atom. The fourth-order valence-electron chi connectivity index (χ4n) is 3.00. The molecule has 0 unspecified atom stereocenters. The number of nitrogens with zero attached hydrogens (tertiary/aromatic N) is 1. The minimum atomic E-state index is -0.198. The molecule has 2 heterocycles. The van der Waals surface area contributed by atoms with Crippen LogP contribution in [0.4, 0.5) is 0 Å². The van der Waals surface area contributed by atoms with Crippen molar-refractivity contribution < 1.29 is 9.21 Å². The number of benzene rings is 1. The van der Waals surface area contributed by atoms with Gasteiger partial charge in [0.25, 0.3) is 5.91 Å². The molecule has 2 aromatic heterocycles. The Labute approximate surface area is 147 Å². The molecule has 1 aromatic carbocycles. The lowest BCUT2D eigenvalue weighted by molar-refractivity contribution is 0.0923. The van der Waals surface area contributed by atoms with Crippen molar-refractivity contribution in [2.75, 3.05) is 6.54 Å². The summed E-state index contributed by atoms with van der Waals surface area (Å²) in [6.07, 6.45) is 3.51. The fourth-order valence-corrected chi connectivity index (χ4v) is 3.00. The zero-order valence-corrected chi connectivity index (χ0v) is 15.3. The van der Waals surface area contributed by atoms with Crippen LogP contribution in [0.2, 0.25) is 0 Å². The molecule has 0 spiro atoms. The van der Waals surface area contributed by atoms with E-state index in [0.29, 0.717) is 29.8 Å². The average molecular weight is 339 g/mol. The Kier molecular flexibility index (Phi) is 4.93. The Balaban J connectivity index is 1.61. The summed E-state index contributed by atoms with van der Waals surface area (Å²) in [7, 11) is 0. The maximum Gasteiger partial charge on any atom is 0.289 e. The molecule has 0 saturated heterocycles. The topological polar surface area (TPSA) is 70.9 Å². The number of aromatic nitrogens is 2. The first-order chi connectivity index (χ1) is 11.9. The van der Waals surface area contributed by atoms with Crippen LogP contribution in [-0.4, -0.2) is 22.4 Å². The number of oxazole rings is 1. The number of carbonyl (C=O) groups is 1. The Bertz CT molecular complexity index is 890. The van der Waals surface area contributed by atoms with E-state index in [4.69, 9.17) is 4.42 Å². The van der Waals surface area contributed by atoms with E-state index in [9.17, 15) is 4.79 Å². The van der Waals surface area contributed by atoms with Gasteiger partial charge in [-0.1, -0.05) is 26.0 Å². The fraction of sp³-hybridized carbons (Fsp3) is 0.400. The van der Waals surface area contributed by atoms with E-state index >= 15 is 0 Å². The molecule has 0 fully saturated rings. The molecule has 5 nitrogen and oxygen atoms in total. The van der Waals surface area contributed by atoms with Crippen LogP contribution in [-0.2, 0) is 12.8 Å². The lowest BCUT2D eigenvalue weighted by Crippen LogP contribution is -2.25. The number of aromatic amines is 1. The predicted molar refractivity (Wildman–Crippen MR) is 98.9 cm³/mol. The second kappa shape index (κ2) is 7.13. The third-order valence-corrected chi connectivity index (χ3v) is 4.23. The van der Waals surface area contributed by atoms with E-state index < -0.39 is 0 Å². The second-order valence-electron chi connectivity index (χ2n) is 6.99. The highest BCUT2D eigenvalue weighted by Gasteiger charge is 2.17. The minimum absolute atomic E-state index is 0.198. The van der Waals surface area contributed by atoms with Crippen molar-refractivity contribution in [1.29, 1.82) is 0 Å². The summed E-state index contributed by atoms with van der Waals surface area (Å²) >= 11 is 0. The maximum atomic E-state index is 12.3. The summed E-state index contributed by atoms with van der Waals surface area (Å²) in [5.74, 6) is 1.20. The summed E-state index contributed by atoms with van der Waals surface area (Å²) in [5, 5.41) is 4.14. The first-order valence-corrected chi connectivity index (χ1v) is 8.75. The van der Waals surface area contributed by atoms with Crippen molar-refractivity contribution in [3.63, 3.8) is 0 Å². The normalized spacial score (nSPS) is 11.4. The van der Waals surface area contributed by atoms with Crippen molar-refractivity contribution in [1.82, 2.24) is 15.3 Å². The molecule has 3 rings (SSSR count). The highest BCUT2D eigenvalue weighted by molar-refractivity contribution is 5.92. The van der Waals surface area contributed by atoms with Crippen LogP contribution < -0.4 is 5.32 Å². The molecule has 1 amide bonds. The number of hydrogen-bond acceptors (Lipinski definition) is 3. The van der Waals surface area contributed by atoms with Crippen molar-refractivity contribution in [3.8, 4) is 0 Å². The number of aryl methyl sites for hydroxylation is 2. The van der Waals surface area contributed by atoms with Crippen LogP contribution in [0.25, 0.3) is 10.9 Å². The number of carbonyl (C=O) groups excluding carboxylic acids is 1. The van der Waals surface area contributed by atoms with Gasteiger partial charge in [0.1, 0.15) is 0 Å². The molecule has 0 aliphatic carbocycles. The zero-order chi connectivity index (χ0) is 18.0. The van der Waals surface area contributed by atoms with Gasteiger partial charge >= 0.3 is 0 Å². The van der Waals surface area contributed by atoms with Gasteiger partial charge in [-0.25, -0.2) is 4.98 Å². The van der Waals surface area contributed by atoms with E-state index in [0.717, 1.165) is 18.4 Å². The third-order valence-electron chi connectivity index (χ3n) is 4.23. The second-order valence-corrected chi connectivity index (χ2v) is 6.99. The lowest BCUT2D eigenvalue weighted by Gasteiger charge is -2.03. The Morgan fingerprint density at radius 1 is 1.32 bits per heavy atom. The first kappa shape index (κ1) is 17.3. The van der Waals surface area contributed by atoms with Crippen molar-refractivity contribution >= 4 is 16.8 Å². The van der Waals surface area contributed by atoms with Crippen molar-refractivity contribution in [2.45, 2.75) is 40.5 Å². The summed E-state index contributed by atoms with van der Waals surface area (Å²) in [5.41, 5.74) is 4.21. The smallest absolute Gasteiger partial charge is 0.289 e. The van der Waals surface area contributed by atoms with Crippen LogP contribution in [0.15, 0.2) is 28.8 Å². The standard InChI is InChI=1S/C20H25N3O2/c1-12(2)9-18-23-14(4)19(25-18)20(24)21-8-7-15-11-22-17-10-13(3)5-6-16(15)17/h5-6,10-12,22H,7-9H2,1-4H3,(H,21,24). The van der Waals surface area contributed by atoms with Crippen molar-refractivity contribution in [3.05, 3.63) is 52.9 Å². The average Bonchev–Trinajstić information content (AvgIpc) is 3.10. The summed E-state index contributed by atoms with van der Waals surface area (Å²) in [4.78, 5) is 20.0. The number of rotatable bonds is 6. The largest absolute Gasteiger partial charge is 0.435 e. The predicted octanol–water partition coefficient (Wildman–Crippen LogP) is 3.94. The third kappa shape index (κ3) is 3.92. The van der Waals surface area contributed by atoms with E-state index in [1.807, 2.05) is 13.1 Å². The molecule has 3 aromatic rings.